The molecule has 1 aliphatic rings. The lowest BCUT2D eigenvalue weighted by atomic mass is 10.0. The second kappa shape index (κ2) is 7.48. The van der Waals surface area contributed by atoms with Crippen LogP contribution in [0.1, 0.15) is 34.3 Å². The van der Waals surface area contributed by atoms with Crippen molar-refractivity contribution in [3.05, 3.63) is 102 Å². The average Bonchev–Trinajstić information content (AvgIpc) is 3.59. The molecule has 0 aliphatic heterocycles. The lowest BCUT2D eigenvalue weighted by molar-refractivity contribution is -0.137. The average molecular weight is 432 g/mol. The van der Waals surface area contributed by atoms with Gasteiger partial charge in [0.05, 0.1) is 27.9 Å². The Labute approximate surface area is 182 Å². The van der Waals surface area contributed by atoms with E-state index < -0.39 is 11.7 Å². The molecule has 3 nitrogen and oxygen atoms in total. The van der Waals surface area contributed by atoms with Crippen LogP contribution in [-0.4, -0.2) is 10.9 Å². The summed E-state index contributed by atoms with van der Waals surface area (Å²) in [6, 6.07) is 23.6. The van der Waals surface area contributed by atoms with Gasteiger partial charge >= 0.3 is 6.18 Å². The molecule has 6 heteroatoms. The number of carbonyl (C=O) groups excluding carboxylic acids is 1. The fraction of sp³-hybridized carbons (Fsp3) is 0.154. The predicted molar refractivity (Wildman–Crippen MR) is 117 cm³/mol. The molecule has 1 aliphatic carbocycles. The summed E-state index contributed by atoms with van der Waals surface area (Å²) in [7, 11) is 0. The topological polar surface area (TPSA) is 42.0 Å². The Morgan fingerprint density at radius 2 is 1.53 bits per heavy atom. The Balaban J connectivity index is 1.54. The fourth-order valence-electron chi connectivity index (χ4n) is 3.99. The van der Waals surface area contributed by atoms with Crippen LogP contribution in [0.2, 0.25) is 0 Å². The number of aromatic nitrogens is 1. The molecule has 1 N–H and O–H groups in total. The van der Waals surface area contributed by atoms with Crippen LogP contribution < -0.4 is 5.32 Å². The second-order valence-corrected chi connectivity index (χ2v) is 8.05. The highest BCUT2D eigenvalue weighted by atomic mass is 19.4. The number of amides is 1. The number of fused-ring (bicyclic) bond motifs is 1. The molecule has 0 saturated heterocycles. The van der Waals surface area contributed by atoms with E-state index in [1.54, 1.807) is 12.1 Å². The Morgan fingerprint density at radius 3 is 2.19 bits per heavy atom. The maximum atomic E-state index is 13.4. The van der Waals surface area contributed by atoms with Crippen molar-refractivity contribution in [2.75, 3.05) is 0 Å². The summed E-state index contributed by atoms with van der Waals surface area (Å²) < 4.78 is 38.8. The smallest absolute Gasteiger partial charge is 0.342 e. The van der Waals surface area contributed by atoms with E-state index in [-0.39, 0.29) is 11.4 Å². The van der Waals surface area contributed by atoms with Gasteiger partial charge in [-0.1, -0.05) is 60.7 Å². The number of benzene rings is 3. The summed E-state index contributed by atoms with van der Waals surface area (Å²) in [5.41, 5.74) is 1.99. The van der Waals surface area contributed by atoms with E-state index in [4.69, 9.17) is 0 Å². The summed E-state index contributed by atoms with van der Waals surface area (Å²) in [6.45, 7) is 0. The molecule has 0 bridgehead atoms. The van der Waals surface area contributed by atoms with E-state index in [2.05, 4.69) is 10.3 Å². The molecular formula is C26H19F3N2O. The number of rotatable bonds is 4. The minimum absolute atomic E-state index is 0.224. The Kier molecular flexibility index (Phi) is 4.73. The molecule has 160 valence electrons. The van der Waals surface area contributed by atoms with Crippen molar-refractivity contribution >= 4 is 16.8 Å². The van der Waals surface area contributed by atoms with Gasteiger partial charge in [0.2, 0.25) is 0 Å². The van der Waals surface area contributed by atoms with Crippen molar-refractivity contribution in [2.45, 2.75) is 24.6 Å². The minimum Gasteiger partial charge on any atom is -0.342 e. The first-order valence-corrected chi connectivity index (χ1v) is 10.3. The van der Waals surface area contributed by atoms with Crippen LogP contribution in [0.5, 0.6) is 0 Å². The van der Waals surface area contributed by atoms with Crippen molar-refractivity contribution < 1.29 is 18.0 Å². The van der Waals surface area contributed by atoms with Crippen LogP contribution in [0.4, 0.5) is 13.2 Å². The summed E-state index contributed by atoms with van der Waals surface area (Å²) >= 11 is 0. The standard InChI is InChI=1S/C26H19F3N2O/c27-26(28,29)19-12-10-17(11-13-19)23-16-21(20-8-4-5-9-22(20)30-23)24(32)31-25(14-15-25)18-6-2-1-3-7-18/h1-13,16H,14-15H2,(H,31,32). The normalized spacial score (nSPS) is 14.8. The van der Waals surface area contributed by atoms with E-state index in [0.717, 1.165) is 30.5 Å². The number of halogens is 3. The molecule has 1 amide bonds. The molecule has 1 heterocycles. The zero-order valence-electron chi connectivity index (χ0n) is 17.0. The first-order valence-electron chi connectivity index (χ1n) is 10.3. The van der Waals surface area contributed by atoms with Gasteiger partial charge in [0.15, 0.2) is 0 Å². The zero-order valence-corrected chi connectivity index (χ0v) is 17.0. The Hall–Kier alpha value is -3.67. The number of para-hydroxylation sites is 1. The number of nitrogens with one attached hydrogen (secondary N) is 1. The summed E-state index contributed by atoms with van der Waals surface area (Å²) in [5.74, 6) is -0.224. The van der Waals surface area contributed by atoms with Gasteiger partial charge < -0.3 is 5.32 Å². The third kappa shape index (κ3) is 3.73. The Bertz CT molecular complexity index is 1290. The largest absolute Gasteiger partial charge is 0.416 e. The van der Waals surface area contributed by atoms with Gasteiger partial charge in [0.1, 0.15) is 0 Å². The van der Waals surface area contributed by atoms with Crippen LogP contribution in [0, 0.1) is 0 Å². The van der Waals surface area contributed by atoms with Crippen molar-refractivity contribution in [1.29, 1.82) is 0 Å². The van der Waals surface area contributed by atoms with Gasteiger partial charge in [-0.3, -0.25) is 4.79 Å². The molecule has 0 radical (unpaired) electrons. The SMILES string of the molecule is O=C(NC1(c2ccccc2)CC1)c1cc(-c2ccc(C(F)(F)F)cc2)nc2ccccc12. The molecule has 1 fully saturated rings. The highest BCUT2D eigenvalue weighted by molar-refractivity contribution is 6.07. The summed E-state index contributed by atoms with van der Waals surface area (Å²) in [5, 5.41) is 3.88. The van der Waals surface area contributed by atoms with Gasteiger partial charge in [0, 0.05) is 10.9 Å². The van der Waals surface area contributed by atoms with Crippen LogP contribution in [0.25, 0.3) is 22.2 Å². The quantitative estimate of drug-likeness (QED) is 0.409. The highest BCUT2D eigenvalue weighted by Gasteiger charge is 2.45. The van der Waals surface area contributed by atoms with Crippen LogP contribution >= 0.6 is 0 Å². The third-order valence-electron chi connectivity index (χ3n) is 5.90. The van der Waals surface area contributed by atoms with Crippen LogP contribution in [0.3, 0.4) is 0 Å². The molecule has 32 heavy (non-hydrogen) atoms. The fourth-order valence-corrected chi connectivity index (χ4v) is 3.99. The van der Waals surface area contributed by atoms with E-state index in [0.29, 0.717) is 27.7 Å². The highest BCUT2D eigenvalue weighted by Crippen LogP contribution is 2.45. The Morgan fingerprint density at radius 1 is 0.875 bits per heavy atom. The van der Waals surface area contributed by atoms with Crippen LogP contribution in [-0.2, 0) is 11.7 Å². The van der Waals surface area contributed by atoms with Gasteiger partial charge in [0.25, 0.3) is 5.91 Å². The van der Waals surface area contributed by atoms with Gasteiger partial charge in [-0.15, -0.1) is 0 Å². The lowest BCUT2D eigenvalue weighted by Crippen LogP contribution is -2.35. The monoisotopic (exact) mass is 432 g/mol. The number of pyridine rings is 1. The van der Waals surface area contributed by atoms with Gasteiger partial charge in [-0.25, -0.2) is 4.98 Å². The third-order valence-corrected chi connectivity index (χ3v) is 5.90. The number of hydrogen-bond donors (Lipinski definition) is 1. The zero-order chi connectivity index (χ0) is 22.3. The maximum absolute atomic E-state index is 13.4. The number of alkyl halides is 3. The van der Waals surface area contributed by atoms with Gasteiger partial charge in [-0.2, -0.15) is 13.2 Å². The van der Waals surface area contributed by atoms with E-state index in [9.17, 15) is 18.0 Å². The molecule has 0 atom stereocenters. The van der Waals surface area contributed by atoms with Crippen molar-refractivity contribution in [2.24, 2.45) is 0 Å². The number of carbonyl (C=O) groups is 1. The van der Waals surface area contributed by atoms with E-state index >= 15 is 0 Å². The molecule has 4 aromatic rings. The first kappa shape index (κ1) is 20.2. The predicted octanol–water partition coefficient (Wildman–Crippen LogP) is 6.34. The molecule has 5 rings (SSSR count). The van der Waals surface area contributed by atoms with Crippen LogP contribution in [0.15, 0.2) is 84.9 Å². The summed E-state index contributed by atoms with van der Waals surface area (Å²) in [4.78, 5) is 18.0. The van der Waals surface area contributed by atoms with E-state index in [1.807, 2.05) is 48.5 Å². The molecule has 1 saturated carbocycles. The molecule has 3 aromatic carbocycles. The number of hydrogen-bond acceptors (Lipinski definition) is 2. The second-order valence-electron chi connectivity index (χ2n) is 8.05. The first-order chi connectivity index (χ1) is 15.4. The molecule has 1 aromatic heterocycles. The van der Waals surface area contributed by atoms with Crippen molar-refractivity contribution in [3.8, 4) is 11.3 Å². The van der Waals surface area contributed by atoms with E-state index in [1.165, 1.54) is 12.1 Å². The maximum Gasteiger partial charge on any atom is 0.416 e. The van der Waals surface area contributed by atoms with Gasteiger partial charge in [-0.05, 0) is 42.7 Å². The van der Waals surface area contributed by atoms with Crippen molar-refractivity contribution in [1.82, 2.24) is 10.3 Å². The molecule has 0 unspecified atom stereocenters. The summed E-state index contributed by atoms with van der Waals surface area (Å²) in [6.07, 6.45) is -2.69. The molecule has 0 spiro atoms. The minimum atomic E-state index is -4.41. The molecular weight excluding hydrogens is 413 g/mol. The number of nitrogens with zero attached hydrogens (tertiary/aromatic N) is 1. The lowest BCUT2D eigenvalue weighted by Gasteiger charge is -2.19. The van der Waals surface area contributed by atoms with Crippen molar-refractivity contribution in [3.63, 3.8) is 0 Å².